The topological polar surface area (TPSA) is 25.8 Å². The van der Waals surface area contributed by atoms with Gasteiger partial charge in [-0.2, -0.15) is 0 Å². The van der Waals surface area contributed by atoms with Crippen molar-refractivity contribution >= 4 is 33.2 Å². The number of hydrogen-bond donors (Lipinski definition) is 0. The van der Waals surface area contributed by atoms with Crippen molar-refractivity contribution < 1.29 is 0 Å². The Hall–Kier alpha value is -1.45. The van der Waals surface area contributed by atoms with E-state index in [-0.39, 0.29) is 0 Å². The number of thiophene rings is 1. The lowest BCUT2D eigenvalue weighted by Crippen LogP contribution is -1.90. The van der Waals surface area contributed by atoms with Crippen LogP contribution in [0.3, 0.4) is 0 Å². The van der Waals surface area contributed by atoms with Crippen LogP contribution in [0.1, 0.15) is 12.5 Å². The van der Waals surface area contributed by atoms with E-state index in [1.54, 1.807) is 11.3 Å². The minimum absolute atomic E-state index is 0.524. The summed E-state index contributed by atoms with van der Waals surface area (Å²) < 4.78 is 0. The minimum Gasteiger partial charge on any atom is -0.217 e. The molecule has 0 N–H and O–H groups in total. The van der Waals surface area contributed by atoms with Crippen molar-refractivity contribution in [3.05, 3.63) is 46.4 Å². The van der Waals surface area contributed by atoms with Crippen molar-refractivity contribution in [1.82, 2.24) is 9.97 Å². The predicted molar refractivity (Wildman–Crippen MR) is 77.2 cm³/mol. The number of aromatic nitrogens is 2. The second-order valence-corrected chi connectivity index (χ2v) is 5.28. The monoisotopic (exact) mass is 274 g/mol. The Morgan fingerprint density at radius 1 is 1.11 bits per heavy atom. The Morgan fingerprint density at radius 3 is 2.61 bits per heavy atom. The van der Waals surface area contributed by atoms with Crippen molar-refractivity contribution in [2.45, 2.75) is 13.3 Å². The molecule has 3 aromatic rings. The molecule has 0 aliphatic carbocycles. The quantitative estimate of drug-likeness (QED) is 0.640. The van der Waals surface area contributed by atoms with Gasteiger partial charge in [0.2, 0.25) is 0 Å². The van der Waals surface area contributed by atoms with Crippen molar-refractivity contribution in [3.8, 4) is 11.4 Å². The molecule has 18 heavy (non-hydrogen) atoms. The Kier molecular flexibility index (Phi) is 3.02. The van der Waals surface area contributed by atoms with Crippen LogP contribution in [0.5, 0.6) is 0 Å². The first-order valence-electron chi connectivity index (χ1n) is 5.78. The van der Waals surface area contributed by atoms with E-state index in [1.807, 2.05) is 23.6 Å². The lowest BCUT2D eigenvalue weighted by atomic mass is 10.1. The fourth-order valence-electron chi connectivity index (χ4n) is 1.84. The van der Waals surface area contributed by atoms with Crippen molar-refractivity contribution in [3.63, 3.8) is 0 Å². The van der Waals surface area contributed by atoms with Crippen LogP contribution in [0, 0.1) is 0 Å². The Bertz CT molecular complexity index is 689. The van der Waals surface area contributed by atoms with E-state index in [0.717, 1.165) is 22.2 Å². The summed E-state index contributed by atoms with van der Waals surface area (Å²) in [5.74, 6) is 0.692. The van der Waals surface area contributed by atoms with Gasteiger partial charge in [0.15, 0.2) is 5.82 Å². The van der Waals surface area contributed by atoms with E-state index < -0.39 is 0 Å². The van der Waals surface area contributed by atoms with Crippen LogP contribution >= 0.6 is 22.9 Å². The molecule has 0 saturated heterocycles. The molecule has 90 valence electrons. The molecular weight excluding hydrogens is 264 g/mol. The molecule has 2 nitrogen and oxygen atoms in total. The van der Waals surface area contributed by atoms with Crippen LogP contribution in [-0.4, -0.2) is 9.97 Å². The summed E-state index contributed by atoms with van der Waals surface area (Å²) in [6, 6.07) is 10.2. The highest BCUT2D eigenvalue weighted by Gasteiger charge is 2.08. The van der Waals surface area contributed by atoms with Gasteiger partial charge < -0.3 is 0 Å². The summed E-state index contributed by atoms with van der Waals surface area (Å²) in [4.78, 5) is 9.84. The fourth-order valence-corrected chi connectivity index (χ4v) is 2.89. The van der Waals surface area contributed by atoms with Crippen LogP contribution in [-0.2, 0) is 6.42 Å². The third-order valence-electron chi connectivity index (χ3n) is 2.90. The zero-order chi connectivity index (χ0) is 12.5. The minimum atomic E-state index is 0.524. The molecule has 2 aromatic heterocycles. The van der Waals surface area contributed by atoms with E-state index in [2.05, 4.69) is 29.0 Å². The number of nitrogens with zero attached hydrogens (tertiary/aromatic N) is 2. The molecular formula is C14H11ClN2S. The van der Waals surface area contributed by atoms with Gasteiger partial charge in [-0.05, 0) is 23.4 Å². The second kappa shape index (κ2) is 4.67. The van der Waals surface area contributed by atoms with Crippen LogP contribution in [0.4, 0.5) is 0 Å². The number of fused-ring (bicyclic) bond motifs is 1. The first kappa shape index (κ1) is 11.6. The molecule has 0 aliphatic rings. The molecule has 0 saturated carbocycles. The molecule has 4 heteroatoms. The lowest BCUT2D eigenvalue weighted by Gasteiger charge is -2.03. The SMILES string of the molecule is CCc1ccc(-c2nc(Cl)c3ccsc3n2)cc1. The number of benzene rings is 1. The van der Waals surface area contributed by atoms with Crippen LogP contribution in [0.15, 0.2) is 35.7 Å². The number of halogens is 1. The van der Waals surface area contributed by atoms with Gasteiger partial charge in [-0.15, -0.1) is 11.3 Å². The summed E-state index contributed by atoms with van der Waals surface area (Å²) in [5, 5.41) is 3.43. The Morgan fingerprint density at radius 2 is 1.89 bits per heavy atom. The second-order valence-electron chi connectivity index (χ2n) is 4.03. The molecule has 0 bridgehead atoms. The molecule has 0 radical (unpaired) electrons. The van der Waals surface area contributed by atoms with Gasteiger partial charge in [-0.1, -0.05) is 42.8 Å². The summed E-state index contributed by atoms with van der Waals surface area (Å²) >= 11 is 7.75. The number of hydrogen-bond acceptors (Lipinski definition) is 3. The summed E-state index contributed by atoms with van der Waals surface area (Å²) in [5.41, 5.74) is 2.31. The summed E-state index contributed by atoms with van der Waals surface area (Å²) in [6.45, 7) is 2.14. The molecule has 0 atom stereocenters. The average Bonchev–Trinajstić information content (AvgIpc) is 2.88. The molecule has 0 spiro atoms. The lowest BCUT2D eigenvalue weighted by molar-refractivity contribution is 1.14. The van der Waals surface area contributed by atoms with Gasteiger partial charge in [0.25, 0.3) is 0 Å². The number of aryl methyl sites for hydroxylation is 1. The van der Waals surface area contributed by atoms with Crippen LogP contribution in [0.2, 0.25) is 5.15 Å². The smallest absolute Gasteiger partial charge is 0.162 e. The zero-order valence-electron chi connectivity index (χ0n) is 9.85. The first-order chi connectivity index (χ1) is 8.78. The van der Waals surface area contributed by atoms with E-state index in [1.165, 1.54) is 5.56 Å². The van der Waals surface area contributed by atoms with E-state index in [0.29, 0.717) is 11.0 Å². The fraction of sp³-hybridized carbons (Fsp3) is 0.143. The molecule has 3 rings (SSSR count). The molecule has 0 aliphatic heterocycles. The average molecular weight is 275 g/mol. The third-order valence-corrected chi connectivity index (χ3v) is 3.99. The third kappa shape index (κ3) is 2.00. The maximum Gasteiger partial charge on any atom is 0.162 e. The Balaban J connectivity index is 2.12. The van der Waals surface area contributed by atoms with E-state index in [9.17, 15) is 0 Å². The highest BCUT2D eigenvalue weighted by Crippen LogP contribution is 2.28. The summed E-state index contributed by atoms with van der Waals surface area (Å²) in [7, 11) is 0. The normalized spacial score (nSPS) is 11.0. The molecule has 0 fully saturated rings. The van der Waals surface area contributed by atoms with Gasteiger partial charge >= 0.3 is 0 Å². The summed E-state index contributed by atoms with van der Waals surface area (Å²) in [6.07, 6.45) is 1.03. The van der Waals surface area contributed by atoms with Crippen molar-refractivity contribution in [2.75, 3.05) is 0 Å². The highest BCUT2D eigenvalue weighted by atomic mass is 35.5. The van der Waals surface area contributed by atoms with Gasteiger partial charge in [-0.3, -0.25) is 0 Å². The highest BCUT2D eigenvalue weighted by molar-refractivity contribution is 7.16. The largest absolute Gasteiger partial charge is 0.217 e. The predicted octanol–water partition coefficient (Wildman–Crippen LogP) is 4.57. The zero-order valence-corrected chi connectivity index (χ0v) is 11.4. The first-order valence-corrected chi connectivity index (χ1v) is 7.03. The Labute approximate surface area is 114 Å². The molecule has 0 amide bonds. The maximum absolute atomic E-state index is 6.17. The van der Waals surface area contributed by atoms with Gasteiger partial charge in [0, 0.05) is 10.9 Å². The standard InChI is InChI=1S/C14H11ClN2S/c1-2-9-3-5-10(6-4-9)13-16-12(15)11-7-8-18-14(11)17-13/h3-8H,2H2,1H3. The van der Waals surface area contributed by atoms with Crippen molar-refractivity contribution in [2.24, 2.45) is 0 Å². The van der Waals surface area contributed by atoms with Gasteiger partial charge in [-0.25, -0.2) is 9.97 Å². The van der Waals surface area contributed by atoms with E-state index in [4.69, 9.17) is 11.6 Å². The van der Waals surface area contributed by atoms with Crippen LogP contribution in [0.25, 0.3) is 21.6 Å². The van der Waals surface area contributed by atoms with Crippen LogP contribution < -0.4 is 0 Å². The maximum atomic E-state index is 6.17. The molecule has 2 heterocycles. The molecule has 1 aromatic carbocycles. The molecule has 0 unspecified atom stereocenters. The van der Waals surface area contributed by atoms with Gasteiger partial charge in [0.1, 0.15) is 9.98 Å². The number of rotatable bonds is 2. The van der Waals surface area contributed by atoms with Gasteiger partial charge in [0.05, 0.1) is 0 Å². The van der Waals surface area contributed by atoms with E-state index >= 15 is 0 Å². The van der Waals surface area contributed by atoms with Crippen molar-refractivity contribution in [1.29, 1.82) is 0 Å².